The van der Waals surface area contributed by atoms with Crippen molar-refractivity contribution in [2.24, 2.45) is 5.92 Å². The zero-order valence-corrected chi connectivity index (χ0v) is 13.2. The summed E-state index contributed by atoms with van der Waals surface area (Å²) in [6, 6.07) is 0.503. The van der Waals surface area contributed by atoms with Crippen molar-refractivity contribution in [2.45, 2.75) is 77.8 Å². The standard InChI is InChI=1S/C17H29N3/c1-4-5-14-6-8-16(9-7-14)17-19-11-15(12-20-17)10-18-13(2)3/h11-14,16,18H,4-10H2,1-3H3. The van der Waals surface area contributed by atoms with Crippen LogP contribution >= 0.6 is 0 Å². The first kappa shape index (κ1) is 15.4. The van der Waals surface area contributed by atoms with E-state index >= 15 is 0 Å². The molecule has 20 heavy (non-hydrogen) atoms. The van der Waals surface area contributed by atoms with Gasteiger partial charge in [0.2, 0.25) is 0 Å². The summed E-state index contributed by atoms with van der Waals surface area (Å²) >= 11 is 0. The van der Waals surface area contributed by atoms with E-state index in [1.807, 2.05) is 12.4 Å². The minimum atomic E-state index is 0.503. The van der Waals surface area contributed by atoms with E-state index < -0.39 is 0 Å². The third-order valence-electron chi connectivity index (χ3n) is 4.35. The predicted molar refractivity (Wildman–Crippen MR) is 83.6 cm³/mol. The van der Waals surface area contributed by atoms with Gasteiger partial charge in [-0.25, -0.2) is 9.97 Å². The van der Waals surface area contributed by atoms with Crippen LogP contribution in [-0.2, 0) is 6.54 Å². The van der Waals surface area contributed by atoms with Gasteiger partial charge in [0.15, 0.2) is 0 Å². The van der Waals surface area contributed by atoms with Crippen LogP contribution in [0.3, 0.4) is 0 Å². The van der Waals surface area contributed by atoms with Crippen LogP contribution in [0.15, 0.2) is 12.4 Å². The summed E-state index contributed by atoms with van der Waals surface area (Å²) in [5, 5.41) is 3.40. The van der Waals surface area contributed by atoms with Crippen molar-refractivity contribution >= 4 is 0 Å². The van der Waals surface area contributed by atoms with Crippen molar-refractivity contribution in [2.75, 3.05) is 0 Å². The number of aromatic nitrogens is 2. The molecule has 112 valence electrons. The van der Waals surface area contributed by atoms with Gasteiger partial charge in [0.25, 0.3) is 0 Å². The number of rotatable bonds is 6. The fourth-order valence-corrected chi connectivity index (χ4v) is 3.11. The quantitative estimate of drug-likeness (QED) is 0.851. The predicted octanol–water partition coefficient (Wildman–Crippen LogP) is 4.05. The molecule has 1 aromatic rings. The molecule has 0 saturated heterocycles. The molecular weight excluding hydrogens is 246 g/mol. The largest absolute Gasteiger partial charge is 0.310 e. The molecule has 0 spiro atoms. The summed E-state index contributed by atoms with van der Waals surface area (Å²) in [6.07, 6.45) is 12.0. The molecule has 1 aromatic heterocycles. The van der Waals surface area contributed by atoms with E-state index in [1.165, 1.54) is 44.1 Å². The van der Waals surface area contributed by atoms with Crippen molar-refractivity contribution < 1.29 is 0 Å². The Morgan fingerprint density at radius 2 is 1.80 bits per heavy atom. The van der Waals surface area contributed by atoms with Gasteiger partial charge in [0, 0.05) is 36.5 Å². The van der Waals surface area contributed by atoms with Crippen LogP contribution in [0.5, 0.6) is 0 Å². The minimum absolute atomic E-state index is 0.503. The molecule has 1 aliphatic carbocycles. The second-order valence-corrected chi connectivity index (χ2v) is 6.49. The Hall–Kier alpha value is -0.960. The number of hydrogen-bond acceptors (Lipinski definition) is 3. The Labute approximate surface area is 123 Å². The van der Waals surface area contributed by atoms with E-state index in [0.29, 0.717) is 12.0 Å². The van der Waals surface area contributed by atoms with Crippen molar-refractivity contribution in [3.8, 4) is 0 Å². The molecular formula is C17H29N3. The van der Waals surface area contributed by atoms with Gasteiger partial charge in [0.1, 0.15) is 5.82 Å². The summed E-state index contributed by atoms with van der Waals surface area (Å²) < 4.78 is 0. The summed E-state index contributed by atoms with van der Waals surface area (Å²) in [5.74, 6) is 2.61. The topological polar surface area (TPSA) is 37.8 Å². The molecule has 0 bridgehead atoms. The van der Waals surface area contributed by atoms with E-state index in [2.05, 4.69) is 36.1 Å². The lowest BCUT2D eigenvalue weighted by atomic mass is 9.80. The third-order valence-corrected chi connectivity index (χ3v) is 4.35. The molecule has 1 fully saturated rings. The molecule has 2 rings (SSSR count). The van der Waals surface area contributed by atoms with Crippen LogP contribution in [0, 0.1) is 5.92 Å². The molecule has 1 saturated carbocycles. The molecule has 3 nitrogen and oxygen atoms in total. The van der Waals surface area contributed by atoms with Gasteiger partial charge in [-0.3, -0.25) is 0 Å². The van der Waals surface area contributed by atoms with E-state index in [-0.39, 0.29) is 0 Å². The average Bonchev–Trinajstić information content (AvgIpc) is 2.47. The Morgan fingerprint density at radius 1 is 1.15 bits per heavy atom. The van der Waals surface area contributed by atoms with Gasteiger partial charge < -0.3 is 5.32 Å². The van der Waals surface area contributed by atoms with Crippen LogP contribution in [0.25, 0.3) is 0 Å². The molecule has 0 aliphatic heterocycles. The molecule has 0 amide bonds. The van der Waals surface area contributed by atoms with Crippen LogP contribution in [0.2, 0.25) is 0 Å². The summed E-state index contributed by atoms with van der Waals surface area (Å²) in [7, 11) is 0. The molecule has 0 aromatic carbocycles. The Balaban J connectivity index is 1.84. The molecule has 1 aliphatic rings. The highest BCUT2D eigenvalue weighted by Gasteiger charge is 2.23. The SMILES string of the molecule is CCCC1CCC(c2ncc(CNC(C)C)cn2)CC1. The maximum absolute atomic E-state index is 4.60. The van der Waals surface area contributed by atoms with E-state index in [0.717, 1.165) is 18.3 Å². The van der Waals surface area contributed by atoms with E-state index in [1.54, 1.807) is 0 Å². The normalized spacial score (nSPS) is 23.2. The number of hydrogen-bond donors (Lipinski definition) is 1. The lowest BCUT2D eigenvalue weighted by molar-refractivity contribution is 0.302. The van der Waals surface area contributed by atoms with Crippen molar-refractivity contribution in [3.63, 3.8) is 0 Å². The lowest BCUT2D eigenvalue weighted by Gasteiger charge is -2.27. The molecule has 0 atom stereocenters. The first-order valence-electron chi connectivity index (χ1n) is 8.23. The Kier molecular flexibility index (Phi) is 5.96. The van der Waals surface area contributed by atoms with Crippen molar-refractivity contribution in [3.05, 3.63) is 23.8 Å². The maximum atomic E-state index is 4.60. The van der Waals surface area contributed by atoms with Gasteiger partial charge in [-0.2, -0.15) is 0 Å². The van der Waals surface area contributed by atoms with E-state index in [9.17, 15) is 0 Å². The molecule has 0 unspecified atom stereocenters. The average molecular weight is 275 g/mol. The highest BCUT2D eigenvalue weighted by molar-refractivity contribution is 5.08. The zero-order valence-electron chi connectivity index (χ0n) is 13.2. The van der Waals surface area contributed by atoms with Gasteiger partial charge in [0.05, 0.1) is 0 Å². The van der Waals surface area contributed by atoms with Crippen LogP contribution in [-0.4, -0.2) is 16.0 Å². The molecule has 1 N–H and O–H groups in total. The summed E-state index contributed by atoms with van der Waals surface area (Å²) in [4.78, 5) is 9.20. The maximum Gasteiger partial charge on any atom is 0.131 e. The Morgan fingerprint density at radius 3 is 2.35 bits per heavy atom. The molecule has 0 radical (unpaired) electrons. The van der Waals surface area contributed by atoms with Crippen molar-refractivity contribution in [1.82, 2.24) is 15.3 Å². The summed E-state index contributed by atoms with van der Waals surface area (Å²) in [6.45, 7) is 7.47. The Bertz CT molecular complexity index is 378. The monoisotopic (exact) mass is 275 g/mol. The third kappa shape index (κ3) is 4.55. The zero-order chi connectivity index (χ0) is 14.4. The van der Waals surface area contributed by atoms with Gasteiger partial charge >= 0.3 is 0 Å². The highest BCUT2D eigenvalue weighted by atomic mass is 14.9. The van der Waals surface area contributed by atoms with E-state index in [4.69, 9.17) is 0 Å². The fourth-order valence-electron chi connectivity index (χ4n) is 3.11. The van der Waals surface area contributed by atoms with Crippen LogP contribution in [0.1, 0.15) is 76.6 Å². The number of nitrogens with zero attached hydrogens (tertiary/aromatic N) is 2. The lowest BCUT2D eigenvalue weighted by Crippen LogP contribution is -2.22. The van der Waals surface area contributed by atoms with Gasteiger partial charge in [-0.1, -0.05) is 33.6 Å². The van der Waals surface area contributed by atoms with Gasteiger partial charge in [-0.15, -0.1) is 0 Å². The first-order valence-corrected chi connectivity index (χ1v) is 8.23. The fraction of sp³-hybridized carbons (Fsp3) is 0.765. The number of nitrogens with one attached hydrogen (secondary N) is 1. The second-order valence-electron chi connectivity index (χ2n) is 6.49. The van der Waals surface area contributed by atoms with Crippen molar-refractivity contribution in [1.29, 1.82) is 0 Å². The molecule has 1 heterocycles. The molecule has 3 heteroatoms. The van der Waals surface area contributed by atoms with Crippen LogP contribution in [0.4, 0.5) is 0 Å². The van der Waals surface area contributed by atoms with Gasteiger partial charge in [-0.05, 0) is 31.6 Å². The van der Waals surface area contributed by atoms with Crippen LogP contribution < -0.4 is 5.32 Å². The smallest absolute Gasteiger partial charge is 0.131 e. The summed E-state index contributed by atoms with van der Waals surface area (Å²) in [5.41, 5.74) is 1.18. The first-order chi connectivity index (χ1) is 9.69. The minimum Gasteiger partial charge on any atom is -0.310 e. The highest BCUT2D eigenvalue weighted by Crippen LogP contribution is 2.35. The second kappa shape index (κ2) is 7.72.